The third kappa shape index (κ3) is 3.73. The van der Waals surface area contributed by atoms with Crippen LogP contribution in [0.1, 0.15) is 33.2 Å². The summed E-state index contributed by atoms with van der Waals surface area (Å²) in [6, 6.07) is 0. The number of ether oxygens (including phenoxy) is 1. The van der Waals surface area contributed by atoms with Crippen molar-refractivity contribution in [2.45, 2.75) is 25.9 Å². The van der Waals surface area contributed by atoms with Gasteiger partial charge in [0.05, 0.1) is 17.3 Å². The Morgan fingerprint density at radius 1 is 1.53 bits per heavy atom. The topological polar surface area (TPSA) is 80.5 Å². The van der Waals surface area contributed by atoms with Gasteiger partial charge in [0, 0.05) is 20.1 Å². The van der Waals surface area contributed by atoms with Crippen LogP contribution in [0.5, 0.6) is 0 Å². The van der Waals surface area contributed by atoms with Gasteiger partial charge >= 0.3 is 0 Å². The molecule has 0 aliphatic carbocycles. The van der Waals surface area contributed by atoms with E-state index in [2.05, 4.69) is 15.3 Å². The van der Waals surface area contributed by atoms with Gasteiger partial charge in [0.1, 0.15) is 4.88 Å². The van der Waals surface area contributed by atoms with Gasteiger partial charge in [-0.05, 0) is 25.9 Å². The minimum Gasteiger partial charge on any atom is -0.378 e. The third-order valence-corrected chi connectivity index (χ3v) is 4.36. The zero-order chi connectivity index (χ0) is 13.7. The molecule has 0 spiro atoms. The Labute approximate surface area is 116 Å². The highest BCUT2D eigenvalue weighted by molar-refractivity contribution is 7.13. The average Bonchev–Trinajstić information content (AvgIpc) is 3.05. The van der Waals surface area contributed by atoms with E-state index >= 15 is 0 Å². The molecule has 1 aliphatic heterocycles. The number of hydrogen-bond donors (Lipinski definition) is 2. The molecule has 0 radical (unpaired) electrons. The second-order valence-electron chi connectivity index (χ2n) is 4.59. The predicted molar refractivity (Wildman–Crippen MR) is 73.9 cm³/mol. The molecular formula is C12H20N4O2S. The number of carbonyl (C=O) groups excluding carboxylic acids is 1. The Kier molecular flexibility index (Phi) is 5.26. The van der Waals surface area contributed by atoms with Gasteiger partial charge in [-0.25, -0.2) is 10.8 Å². The normalized spacial score (nSPS) is 15.9. The van der Waals surface area contributed by atoms with Gasteiger partial charge in [0.2, 0.25) is 0 Å². The fourth-order valence-corrected chi connectivity index (χ4v) is 3.20. The fraction of sp³-hybridized carbons (Fsp3) is 0.667. The van der Waals surface area contributed by atoms with Crippen LogP contribution in [0.3, 0.4) is 0 Å². The van der Waals surface area contributed by atoms with Crippen LogP contribution in [0, 0.1) is 0 Å². The Bertz CT molecular complexity index is 429. The van der Waals surface area contributed by atoms with E-state index in [0.717, 1.165) is 18.0 Å². The van der Waals surface area contributed by atoms with Crippen molar-refractivity contribution < 1.29 is 9.53 Å². The summed E-state index contributed by atoms with van der Waals surface area (Å²) in [5.74, 6) is 4.89. The number of hydrazine groups is 1. The second kappa shape index (κ2) is 6.95. The largest absolute Gasteiger partial charge is 0.378 e. The van der Waals surface area contributed by atoms with Crippen molar-refractivity contribution in [3.63, 3.8) is 0 Å². The van der Waals surface area contributed by atoms with Gasteiger partial charge in [-0.15, -0.1) is 11.3 Å². The van der Waals surface area contributed by atoms with Crippen LogP contribution in [0.25, 0.3) is 0 Å². The molecule has 0 saturated carbocycles. The van der Waals surface area contributed by atoms with Crippen molar-refractivity contribution in [1.82, 2.24) is 15.3 Å². The molecular weight excluding hydrogens is 264 g/mol. The zero-order valence-electron chi connectivity index (χ0n) is 11.1. The molecule has 1 fully saturated rings. The third-order valence-electron chi connectivity index (χ3n) is 3.20. The summed E-state index contributed by atoms with van der Waals surface area (Å²) < 4.78 is 5.07. The highest BCUT2D eigenvalue weighted by Gasteiger charge is 2.18. The summed E-state index contributed by atoms with van der Waals surface area (Å²) in [5, 5.41) is 0.970. The molecule has 6 nitrogen and oxygen atoms in total. The number of nitrogens with one attached hydrogen (secondary N) is 1. The molecule has 106 valence electrons. The van der Waals surface area contributed by atoms with Gasteiger partial charge in [-0.1, -0.05) is 0 Å². The Morgan fingerprint density at radius 3 is 2.89 bits per heavy atom. The number of nitrogens with zero attached hydrogens (tertiary/aromatic N) is 2. The lowest BCUT2D eigenvalue weighted by molar-refractivity contribution is 0.0952. The van der Waals surface area contributed by atoms with Crippen molar-refractivity contribution in [2.24, 2.45) is 5.84 Å². The maximum absolute atomic E-state index is 11.7. The molecule has 0 bridgehead atoms. The standard InChI is InChI=1S/C12H20N4O2S/c1-18-8-9-11(12(17)15-13)19-10(14-9)4-7-16-5-2-3-6-16/h2-8,13H2,1H3,(H,15,17). The molecule has 1 amide bonds. The van der Waals surface area contributed by atoms with Crippen molar-refractivity contribution in [1.29, 1.82) is 0 Å². The number of amides is 1. The van der Waals surface area contributed by atoms with Crippen LogP contribution >= 0.6 is 11.3 Å². The molecule has 1 aromatic heterocycles. The summed E-state index contributed by atoms with van der Waals surface area (Å²) in [6.07, 6.45) is 3.44. The first kappa shape index (κ1) is 14.4. The van der Waals surface area contributed by atoms with Crippen molar-refractivity contribution >= 4 is 17.2 Å². The van der Waals surface area contributed by atoms with E-state index in [4.69, 9.17) is 10.6 Å². The SMILES string of the molecule is COCc1nc(CCN2CCCC2)sc1C(=O)NN. The van der Waals surface area contributed by atoms with E-state index in [1.165, 1.54) is 37.3 Å². The van der Waals surface area contributed by atoms with Crippen LogP contribution in [0.4, 0.5) is 0 Å². The lowest BCUT2D eigenvalue weighted by atomic mass is 10.3. The van der Waals surface area contributed by atoms with Gasteiger partial charge < -0.3 is 9.64 Å². The Hall–Kier alpha value is -1.02. The van der Waals surface area contributed by atoms with E-state index < -0.39 is 0 Å². The summed E-state index contributed by atoms with van der Waals surface area (Å²) in [5.41, 5.74) is 2.83. The van der Waals surface area contributed by atoms with E-state index in [1.807, 2.05) is 0 Å². The first-order chi connectivity index (χ1) is 9.24. The fourth-order valence-electron chi connectivity index (χ4n) is 2.25. The first-order valence-corrected chi connectivity index (χ1v) is 7.27. The number of hydrogen-bond acceptors (Lipinski definition) is 6. The Morgan fingerprint density at radius 2 is 2.26 bits per heavy atom. The molecule has 2 heterocycles. The quantitative estimate of drug-likeness (QED) is 0.452. The van der Waals surface area contributed by atoms with E-state index in [9.17, 15) is 4.79 Å². The van der Waals surface area contributed by atoms with E-state index in [0.29, 0.717) is 17.2 Å². The maximum Gasteiger partial charge on any atom is 0.277 e. The number of aromatic nitrogens is 1. The van der Waals surface area contributed by atoms with Crippen LogP contribution < -0.4 is 11.3 Å². The average molecular weight is 284 g/mol. The molecule has 0 aromatic carbocycles. The smallest absolute Gasteiger partial charge is 0.277 e. The van der Waals surface area contributed by atoms with Gasteiger partial charge in [0.15, 0.2) is 0 Å². The van der Waals surface area contributed by atoms with Crippen LogP contribution in [0.15, 0.2) is 0 Å². The minimum absolute atomic E-state index is 0.294. The van der Waals surface area contributed by atoms with Crippen LogP contribution in [0.2, 0.25) is 0 Å². The van der Waals surface area contributed by atoms with E-state index in [1.54, 1.807) is 7.11 Å². The molecule has 19 heavy (non-hydrogen) atoms. The number of thiazole rings is 1. The molecule has 2 rings (SSSR count). The molecule has 7 heteroatoms. The number of nitrogens with two attached hydrogens (primary N) is 1. The monoisotopic (exact) mass is 284 g/mol. The number of methoxy groups -OCH3 is 1. The van der Waals surface area contributed by atoms with Crippen molar-refractivity contribution in [2.75, 3.05) is 26.7 Å². The van der Waals surface area contributed by atoms with Gasteiger partial charge in [0.25, 0.3) is 5.91 Å². The highest BCUT2D eigenvalue weighted by atomic mass is 32.1. The van der Waals surface area contributed by atoms with Crippen molar-refractivity contribution in [3.8, 4) is 0 Å². The van der Waals surface area contributed by atoms with Gasteiger partial charge in [-0.3, -0.25) is 10.2 Å². The molecule has 1 saturated heterocycles. The minimum atomic E-state index is -0.294. The van der Waals surface area contributed by atoms with Crippen molar-refractivity contribution in [3.05, 3.63) is 15.6 Å². The summed E-state index contributed by atoms with van der Waals surface area (Å²) in [6.45, 7) is 3.69. The number of nitrogen functional groups attached to an aromatic ring is 1. The molecule has 1 aromatic rings. The summed E-state index contributed by atoms with van der Waals surface area (Å²) >= 11 is 1.41. The number of likely N-dealkylation sites (tertiary alicyclic amines) is 1. The molecule has 1 aliphatic rings. The Balaban J connectivity index is 2.01. The van der Waals surface area contributed by atoms with E-state index in [-0.39, 0.29) is 5.91 Å². The lowest BCUT2D eigenvalue weighted by Gasteiger charge is -2.12. The summed E-state index contributed by atoms with van der Waals surface area (Å²) in [4.78, 5) is 19.1. The maximum atomic E-state index is 11.7. The summed E-state index contributed by atoms with van der Waals surface area (Å²) in [7, 11) is 1.59. The van der Waals surface area contributed by atoms with Crippen LogP contribution in [-0.2, 0) is 17.8 Å². The molecule has 0 atom stereocenters. The highest BCUT2D eigenvalue weighted by Crippen LogP contribution is 2.20. The number of carbonyl (C=O) groups is 1. The molecule has 0 unspecified atom stereocenters. The van der Waals surface area contributed by atoms with Crippen LogP contribution in [-0.4, -0.2) is 42.5 Å². The lowest BCUT2D eigenvalue weighted by Crippen LogP contribution is -2.30. The predicted octanol–water partition coefficient (Wildman–Crippen LogP) is 0.531. The van der Waals surface area contributed by atoms with Gasteiger partial charge in [-0.2, -0.15) is 0 Å². The number of rotatable bonds is 6. The zero-order valence-corrected chi connectivity index (χ0v) is 12.0. The first-order valence-electron chi connectivity index (χ1n) is 6.45. The molecule has 3 N–H and O–H groups in total. The second-order valence-corrected chi connectivity index (χ2v) is 5.67.